The second-order valence-electron chi connectivity index (χ2n) is 11.3. The number of tetrazole rings is 1. The van der Waals surface area contributed by atoms with Crippen molar-refractivity contribution in [1.29, 1.82) is 0 Å². The van der Waals surface area contributed by atoms with Crippen molar-refractivity contribution in [3.05, 3.63) is 89.0 Å². The molecule has 44 heavy (non-hydrogen) atoms. The molecule has 0 unspecified atom stereocenters. The summed E-state index contributed by atoms with van der Waals surface area (Å²) < 4.78 is 0. The SMILES string of the molecule is CC(=O)c1ccccc1CN1C(=O)[C@H](NC(=O)Nc2cccc(-c3nnn[nH]3)c2)N=C(C2CCCCC2)c2cccc(C)c21. The Hall–Kier alpha value is -5.19. The zero-order valence-corrected chi connectivity index (χ0v) is 24.7. The van der Waals surface area contributed by atoms with E-state index in [1.54, 1.807) is 29.2 Å². The molecule has 1 aliphatic heterocycles. The lowest BCUT2D eigenvalue weighted by molar-refractivity contribution is -0.120. The van der Waals surface area contributed by atoms with E-state index in [4.69, 9.17) is 4.99 Å². The lowest BCUT2D eigenvalue weighted by atomic mass is 9.82. The minimum Gasteiger partial charge on any atom is -0.308 e. The fourth-order valence-electron chi connectivity index (χ4n) is 6.19. The third kappa shape index (κ3) is 5.98. The summed E-state index contributed by atoms with van der Waals surface area (Å²) in [5.74, 6) is 0.177. The van der Waals surface area contributed by atoms with Crippen LogP contribution in [0.25, 0.3) is 11.4 Å². The van der Waals surface area contributed by atoms with Gasteiger partial charge in [0.1, 0.15) is 0 Å². The first-order valence-electron chi connectivity index (χ1n) is 14.9. The van der Waals surface area contributed by atoms with E-state index in [1.807, 2.05) is 49.4 Å². The number of benzodiazepines with no additional fused rings is 1. The number of hydrogen-bond acceptors (Lipinski definition) is 7. The van der Waals surface area contributed by atoms with Crippen LogP contribution in [0.2, 0.25) is 0 Å². The molecule has 0 radical (unpaired) electrons. The van der Waals surface area contributed by atoms with Gasteiger partial charge in [0, 0.05) is 28.3 Å². The number of carbonyl (C=O) groups excluding carboxylic acids is 3. The minimum absolute atomic E-state index is 0.0792. The smallest absolute Gasteiger partial charge is 0.308 e. The van der Waals surface area contributed by atoms with Crippen LogP contribution in [0.15, 0.2) is 71.7 Å². The van der Waals surface area contributed by atoms with Crippen LogP contribution in [0.5, 0.6) is 0 Å². The monoisotopic (exact) mass is 590 g/mol. The normalized spacial score (nSPS) is 17.0. The van der Waals surface area contributed by atoms with Gasteiger partial charge >= 0.3 is 6.03 Å². The number of Topliss-reactive ketones (excluding diaryl/α,β-unsaturated/α-hetero) is 1. The van der Waals surface area contributed by atoms with Crippen LogP contribution in [0.1, 0.15) is 66.1 Å². The molecule has 2 heterocycles. The van der Waals surface area contributed by atoms with E-state index in [1.165, 1.54) is 13.3 Å². The van der Waals surface area contributed by atoms with Gasteiger partial charge in [-0.2, -0.15) is 0 Å². The van der Waals surface area contributed by atoms with E-state index in [0.29, 0.717) is 22.6 Å². The number of anilines is 2. The third-order valence-electron chi connectivity index (χ3n) is 8.28. The fourth-order valence-corrected chi connectivity index (χ4v) is 6.19. The summed E-state index contributed by atoms with van der Waals surface area (Å²) in [6, 6.07) is 19.8. The van der Waals surface area contributed by atoms with E-state index in [9.17, 15) is 14.4 Å². The number of hydrogen-bond donors (Lipinski definition) is 3. The van der Waals surface area contributed by atoms with Gasteiger partial charge in [-0.25, -0.2) is 9.89 Å². The number of aliphatic imine (C=N–C) groups is 1. The number of fused-ring (bicyclic) bond motifs is 1. The molecule has 0 spiro atoms. The number of benzene rings is 3. The van der Waals surface area contributed by atoms with Crippen molar-refractivity contribution < 1.29 is 14.4 Å². The number of urea groups is 1. The van der Waals surface area contributed by atoms with Gasteiger partial charge in [0.15, 0.2) is 11.6 Å². The Morgan fingerprint density at radius 1 is 1.00 bits per heavy atom. The fraction of sp³-hybridized carbons (Fsp3) is 0.303. The highest BCUT2D eigenvalue weighted by Crippen LogP contribution is 2.36. The number of para-hydroxylation sites is 1. The standard InChI is InChI=1S/C33H34N8O3/c1-20-10-8-17-27-28(22-11-4-3-5-12-22)35-31(32(43)41(29(20)27)19-24-13-6-7-16-26(24)21(2)42)36-33(44)34-25-15-9-14-23(18-25)30-37-39-40-38-30/h6-10,13-18,22,31H,3-5,11-12,19H2,1-2H3,(H2,34,36,44)(H,37,38,39,40)/t31-/m0/s1. The summed E-state index contributed by atoms with van der Waals surface area (Å²) >= 11 is 0. The maximum Gasteiger partial charge on any atom is 0.321 e. The molecule has 11 nitrogen and oxygen atoms in total. The Morgan fingerprint density at radius 2 is 1.80 bits per heavy atom. The molecule has 2 aliphatic rings. The van der Waals surface area contributed by atoms with Gasteiger partial charge in [0.2, 0.25) is 6.17 Å². The average molecular weight is 591 g/mol. The zero-order chi connectivity index (χ0) is 30.6. The number of ketones is 1. The highest BCUT2D eigenvalue weighted by atomic mass is 16.2. The number of H-pyrrole nitrogens is 1. The van der Waals surface area contributed by atoms with Crippen LogP contribution in [0.4, 0.5) is 16.2 Å². The maximum atomic E-state index is 14.4. The van der Waals surface area contributed by atoms with Crippen molar-refractivity contribution in [3.63, 3.8) is 0 Å². The Labute approximate surface area is 255 Å². The van der Waals surface area contributed by atoms with Gasteiger partial charge in [-0.3, -0.25) is 14.6 Å². The Kier molecular flexibility index (Phi) is 8.27. The van der Waals surface area contributed by atoms with Crippen LogP contribution in [0, 0.1) is 12.8 Å². The Bertz CT molecular complexity index is 1730. The molecule has 1 aliphatic carbocycles. The number of aryl methyl sites for hydroxylation is 1. The first-order chi connectivity index (χ1) is 21.4. The molecule has 3 N–H and O–H groups in total. The largest absolute Gasteiger partial charge is 0.321 e. The number of nitrogens with one attached hydrogen (secondary N) is 3. The lowest BCUT2D eigenvalue weighted by Gasteiger charge is -2.28. The van der Waals surface area contributed by atoms with Crippen molar-refractivity contribution in [3.8, 4) is 11.4 Å². The average Bonchev–Trinajstić information content (AvgIpc) is 3.54. The zero-order valence-electron chi connectivity index (χ0n) is 24.7. The van der Waals surface area contributed by atoms with Crippen molar-refractivity contribution in [2.75, 3.05) is 10.2 Å². The number of amides is 3. The van der Waals surface area contributed by atoms with Gasteiger partial charge in [0.05, 0.1) is 17.9 Å². The molecular formula is C33H34N8O3. The molecule has 1 aromatic heterocycles. The number of carbonyl (C=O) groups is 3. The highest BCUT2D eigenvalue weighted by Gasteiger charge is 2.36. The molecular weight excluding hydrogens is 556 g/mol. The molecule has 1 atom stereocenters. The molecule has 6 rings (SSSR count). The van der Waals surface area contributed by atoms with Crippen molar-refractivity contribution in [2.24, 2.45) is 10.9 Å². The number of nitrogens with zero attached hydrogens (tertiary/aromatic N) is 5. The van der Waals surface area contributed by atoms with Crippen LogP contribution >= 0.6 is 0 Å². The molecule has 4 aromatic rings. The molecule has 0 bridgehead atoms. The predicted molar refractivity (Wildman–Crippen MR) is 167 cm³/mol. The second-order valence-corrected chi connectivity index (χ2v) is 11.3. The maximum absolute atomic E-state index is 14.4. The van der Waals surface area contributed by atoms with Crippen LogP contribution in [0.3, 0.4) is 0 Å². The first-order valence-corrected chi connectivity index (χ1v) is 14.9. The molecule has 224 valence electrons. The molecule has 3 amide bonds. The van der Waals surface area contributed by atoms with E-state index in [0.717, 1.165) is 53.8 Å². The van der Waals surface area contributed by atoms with E-state index < -0.39 is 12.2 Å². The lowest BCUT2D eigenvalue weighted by Crippen LogP contribution is -2.48. The molecule has 1 saturated carbocycles. The number of rotatable bonds is 7. The van der Waals surface area contributed by atoms with Gasteiger partial charge in [-0.05, 0) is 60.4 Å². The van der Waals surface area contributed by atoms with Gasteiger partial charge in [0.25, 0.3) is 5.91 Å². The molecule has 3 aromatic carbocycles. The quantitative estimate of drug-likeness (QED) is 0.244. The number of aromatic nitrogens is 4. The Morgan fingerprint density at radius 3 is 2.57 bits per heavy atom. The Balaban J connectivity index is 1.37. The first kappa shape index (κ1) is 28.9. The van der Waals surface area contributed by atoms with E-state index >= 15 is 0 Å². The van der Waals surface area contributed by atoms with Crippen molar-refractivity contribution in [1.82, 2.24) is 25.9 Å². The topological polar surface area (TPSA) is 145 Å². The molecule has 0 saturated heterocycles. The summed E-state index contributed by atoms with van der Waals surface area (Å²) in [5, 5.41) is 19.5. The van der Waals surface area contributed by atoms with E-state index in [2.05, 4.69) is 31.3 Å². The minimum atomic E-state index is -1.18. The summed E-state index contributed by atoms with van der Waals surface area (Å²) in [5.41, 5.74) is 5.88. The van der Waals surface area contributed by atoms with Crippen LogP contribution in [-0.2, 0) is 11.3 Å². The summed E-state index contributed by atoms with van der Waals surface area (Å²) in [6.45, 7) is 3.66. The summed E-state index contributed by atoms with van der Waals surface area (Å²) in [6.07, 6.45) is 4.11. The third-order valence-corrected chi connectivity index (χ3v) is 8.28. The molecule has 1 fully saturated rings. The van der Waals surface area contributed by atoms with Crippen LogP contribution < -0.4 is 15.5 Å². The van der Waals surface area contributed by atoms with Gasteiger partial charge < -0.3 is 15.5 Å². The van der Waals surface area contributed by atoms with Crippen molar-refractivity contribution >= 4 is 34.8 Å². The molecule has 11 heteroatoms. The summed E-state index contributed by atoms with van der Waals surface area (Å²) in [7, 11) is 0. The predicted octanol–water partition coefficient (Wildman–Crippen LogP) is 5.44. The van der Waals surface area contributed by atoms with Gasteiger partial charge in [-0.15, -0.1) is 5.10 Å². The van der Waals surface area contributed by atoms with Crippen molar-refractivity contribution in [2.45, 2.75) is 58.7 Å². The van der Waals surface area contributed by atoms with Crippen LogP contribution in [-0.4, -0.2) is 50.2 Å². The highest BCUT2D eigenvalue weighted by molar-refractivity contribution is 6.15. The number of aromatic amines is 1. The van der Waals surface area contributed by atoms with E-state index in [-0.39, 0.29) is 24.2 Å². The second kappa shape index (κ2) is 12.6. The summed E-state index contributed by atoms with van der Waals surface area (Å²) in [4.78, 5) is 47.0. The van der Waals surface area contributed by atoms with Gasteiger partial charge in [-0.1, -0.05) is 73.9 Å².